The van der Waals surface area contributed by atoms with Crippen molar-refractivity contribution in [3.8, 4) is 0 Å². The summed E-state index contributed by atoms with van der Waals surface area (Å²) in [6.07, 6.45) is 2.16. The molecule has 0 aliphatic carbocycles. The number of piperidine rings is 1. The fraction of sp³-hybridized carbons (Fsp3) is 0.526. The normalized spacial score (nSPS) is 25.4. The van der Waals surface area contributed by atoms with Crippen LogP contribution in [0.5, 0.6) is 0 Å². The van der Waals surface area contributed by atoms with Crippen molar-refractivity contribution in [3.63, 3.8) is 0 Å². The Morgan fingerprint density at radius 1 is 1.16 bits per heavy atom. The van der Waals surface area contributed by atoms with E-state index in [9.17, 15) is 14.4 Å². The Kier molecular flexibility index (Phi) is 3.98. The van der Waals surface area contributed by atoms with Crippen molar-refractivity contribution in [2.75, 3.05) is 26.7 Å². The SMILES string of the molecule is CN1C(=O)[C@@H]2CC[C@H]1CN(C(=O)CCN1Cc3ccccc3C1=O)C2. The third-order valence-corrected chi connectivity index (χ3v) is 5.81. The number of rotatable bonds is 3. The Bertz CT molecular complexity index is 732. The minimum absolute atomic E-state index is 0.00856. The van der Waals surface area contributed by atoms with E-state index in [2.05, 4.69) is 0 Å². The maximum absolute atomic E-state index is 12.7. The number of nitrogens with zero attached hydrogens (tertiary/aromatic N) is 3. The second kappa shape index (κ2) is 6.17. The molecule has 3 fully saturated rings. The first kappa shape index (κ1) is 16.1. The van der Waals surface area contributed by atoms with Gasteiger partial charge in [0.15, 0.2) is 0 Å². The summed E-state index contributed by atoms with van der Waals surface area (Å²) < 4.78 is 0. The third-order valence-electron chi connectivity index (χ3n) is 5.81. The zero-order chi connectivity index (χ0) is 17.6. The fourth-order valence-corrected chi connectivity index (χ4v) is 4.24. The van der Waals surface area contributed by atoms with Gasteiger partial charge in [0.25, 0.3) is 5.91 Å². The molecule has 3 amide bonds. The topological polar surface area (TPSA) is 60.9 Å². The van der Waals surface area contributed by atoms with Crippen molar-refractivity contribution < 1.29 is 14.4 Å². The summed E-state index contributed by atoms with van der Waals surface area (Å²) in [4.78, 5) is 42.7. The van der Waals surface area contributed by atoms with Gasteiger partial charge in [0.1, 0.15) is 0 Å². The van der Waals surface area contributed by atoms with Gasteiger partial charge >= 0.3 is 0 Å². The van der Waals surface area contributed by atoms with Crippen molar-refractivity contribution in [2.24, 2.45) is 5.92 Å². The van der Waals surface area contributed by atoms with Gasteiger partial charge in [-0.15, -0.1) is 0 Å². The van der Waals surface area contributed by atoms with Gasteiger partial charge in [0, 0.05) is 51.3 Å². The van der Waals surface area contributed by atoms with Crippen molar-refractivity contribution in [2.45, 2.75) is 31.8 Å². The fourth-order valence-electron chi connectivity index (χ4n) is 4.24. The number of hydrogen-bond acceptors (Lipinski definition) is 3. The van der Waals surface area contributed by atoms with Gasteiger partial charge in [-0.1, -0.05) is 18.2 Å². The van der Waals surface area contributed by atoms with Gasteiger partial charge in [-0.25, -0.2) is 0 Å². The maximum Gasteiger partial charge on any atom is 0.254 e. The van der Waals surface area contributed by atoms with Crippen LogP contribution in [0.3, 0.4) is 0 Å². The van der Waals surface area contributed by atoms with Crippen molar-refractivity contribution in [3.05, 3.63) is 35.4 Å². The summed E-state index contributed by atoms with van der Waals surface area (Å²) in [6.45, 7) is 2.15. The molecule has 2 atom stereocenters. The van der Waals surface area contributed by atoms with E-state index in [1.807, 2.05) is 41.1 Å². The van der Waals surface area contributed by atoms with Crippen LogP contribution in [0.15, 0.2) is 24.3 Å². The molecule has 4 aliphatic rings. The molecular weight excluding hydrogens is 318 g/mol. The molecule has 4 aliphatic heterocycles. The highest BCUT2D eigenvalue weighted by Gasteiger charge is 2.40. The van der Waals surface area contributed by atoms with Gasteiger partial charge in [0.2, 0.25) is 11.8 Å². The van der Waals surface area contributed by atoms with Crippen LogP contribution >= 0.6 is 0 Å². The van der Waals surface area contributed by atoms with E-state index in [1.165, 1.54) is 0 Å². The predicted molar refractivity (Wildman–Crippen MR) is 91.7 cm³/mol. The predicted octanol–water partition coefficient (Wildman–Crippen LogP) is 1.11. The lowest BCUT2D eigenvalue weighted by Crippen LogP contribution is -2.45. The second-order valence-electron chi connectivity index (χ2n) is 7.31. The van der Waals surface area contributed by atoms with Gasteiger partial charge < -0.3 is 14.7 Å². The molecule has 5 rings (SSSR count). The van der Waals surface area contributed by atoms with Crippen LogP contribution in [-0.4, -0.2) is 65.1 Å². The monoisotopic (exact) mass is 341 g/mol. The van der Waals surface area contributed by atoms with Crippen LogP contribution in [0.4, 0.5) is 0 Å². The largest absolute Gasteiger partial charge is 0.341 e. The zero-order valence-electron chi connectivity index (χ0n) is 14.5. The Labute approximate surface area is 147 Å². The number of carbonyl (C=O) groups excluding carboxylic acids is 3. The molecule has 0 spiro atoms. The minimum atomic E-state index is -0.0645. The quantitative estimate of drug-likeness (QED) is 0.827. The molecule has 132 valence electrons. The molecule has 25 heavy (non-hydrogen) atoms. The summed E-state index contributed by atoms with van der Waals surface area (Å²) in [7, 11) is 1.84. The number of hydrogen-bond donors (Lipinski definition) is 0. The van der Waals surface area contributed by atoms with Crippen LogP contribution in [-0.2, 0) is 16.1 Å². The Balaban J connectivity index is 1.37. The number of amides is 3. The molecule has 1 aromatic rings. The van der Waals surface area contributed by atoms with Crippen LogP contribution in [0.2, 0.25) is 0 Å². The van der Waals surface area contributed by atoms with Crippen molar-refractivity contribution in [1.82, 2.24) is 14.7 Å². The van der Waals surface area contributed by atoms with Crippen LogP contribution in [0.1, 0.15) is 35.2 Å². The first-order valence-corrected chi connectivity index (χ1v) is 8.96. The van der Waals surface area contributed by atoms with E-state index in [0.29, 0.717) is 32.6 Å². The lowest BCUT2D eigenvalue weighted by molar-refractivity contribution is -0.138. The van der Waals surface area contributed by atoms with Crippen molar-refractivity contribution in [1.29, 1.82) is 0 Å². The summed E-state index contributed by atoms with van der Waals surface area (Å²) >= 11 is 0. The average Bonchev–Trinajstić information content (AvgIpc) is 2.76. The number of carbonyl (C=O) groups is 3. The Hall–Kier alpha value is -2.37. The van der Waals surface area contributed by atoms with Crippen molar-refractivity contribution >= 4 is 17.7 Å². The lowest BCUT2D eigenvalue weighted by atomic mass is 9.95. The second-order valence-corrected chi connectivity index (χ2v) is 7.31. The first-order valence-electron chi connectivity index (χ1n) is 8.96. The summed E-state index contributed by atoms with van der Waals surface area (Å²) in [6, 6.07) is 7.73. The van der Waals surface area contributed by atoms with E-state index >= 15 is 0 Å². The molecule has 4 heterocycles. The van der Waals surface area contributed by atoms with Gasteiger partial charge in [-0.2, -0.15) is 0 Å². The highest BCUT2D eigenvalue weighted by Crippen LogP contribution is 2.28. The Morgan fingerprint density at radius 2 is 1.96 bits per heavy atom. The molecular formula is C19H23N3O3. The number of fused-ring (bicyclic) bond motifs is 5. The standard InChI is InChI=1S/C19H23N3O3/c1-20-15-7-6-14(18(20)24)11-22(12-15)17(23)8-9-21-10-13-4-2-3-5-16(13)19(21)25/h2-5,14-15H,6-12H2,1H3/t14-,15+/m1/s1. The van der Waals surface area contributed by atoms with Crippen LogP contribution in [0.25, 0.3) is 0 Å². The minimum Gasteiger partial charge on any atom is -0.341 e. The molecule has 1 aromatic carbocycles. The third kappa shape index (κ3) is 2.79. The first-order chi connectivity index (χ1) is 12.0. The molecule has 0 aromatic heterocycles. The maximum atomic E-state index is 12.7. The molecule has 0 saturated carbocycles. The molecule has 6 nitrogen and oxygen atoms in total. The summed E-state index contributed by atoms with van der Waals surface area (Å²) in [5.74, 6) is 0.153. The zero-order valence-corrected chi connectivity index (χ0v) is 14.5. The van der Waals surface area contributed by atoms with E-state index in [0.717, 1.165) is 24.0 Å². The Morgan fingerprint density at radius 3 is 2.76 bits per heavy atom. The van der Waals surface area contributed by atoms with E-state index in [4.69, 9.17) is 0 Å². The van der Waals surface area contributed by atoms with Gasteiger partial charge in [-0.05, 0) is 24.5 Å². The molecule has 2 bridgehead atoms. The van der Waals surface area contributed by atoms with E-state index in [1.54, 1.807) is 4.90 Å². The molecule has 0 unspecified atom stereocenters. The average molecular weight is 341 g/mol. The van der Waals surface area contributed by atoms with E-state index < -0.39 is 0 Å². The summed E-state index contributed by atoms with van der Waals surface area (Å²) in [5, 5.41) is 0. The van der Waals surface area contributed by atoms with Crippen LogP contribution in [0, 0.1) is 5.92 Å². The highest BCUT2D eigenvalue weighted by molar-refractivity contribution is 5.98. The number of benzene rings is 1. The van der Waals surface area contributed by atoms with Gasteiger partial charge in [-0.3, -0.25) is 14.4 Å². The van der Waals surface area contributed by atoms with Crippen LogP contribution < -0.4 is 0 Å². The highest BCUT2D eigenvalue weighted by atomic mass is 16.2. The van der Waals surface area contributed by atoms with E-state index in [-0.39, 0.29) is 29.7 Å². The number of likely N-dealkylation sites (N-methyl/N-ethyl adjacent to an activating group) is 1. The lowest BCUT2D eigenvalue weighted by Gasteiger charge is -2.32. The molecule has 6 heteroatoms. The molecule has 0 radical (unpaired) electrons. The smallest absolute Gasteiger partial charge is 0.254 e. The molecule has 0 N–H and O–H groups in total. The van der Waals surface area contributed by atoms with Gasteiger partial charge in [0.05, 0.1) is 5.92 Å². The molecule has 3 saturated heterocycles. The summed E-state index contributed by atoms with van der Waals surface area (Å²) in [5.41, 5.74) is 1.77.